The third kappa shape index (κ3) is 4.64. The lowest BCUT2D eigenvalue weighted by Gasteiger charge is -2.46. The number of hydrogen-bond acceptors (Lipinski definition) is 3. The predicted octanol–water partition coefficient (Wildman–Crippen LogP) is 7.63. The Morgan fingerprint density at radius 2 is 1.18 bits per heavy atom. The molecule has 5 aromatic rings. The maximum Gasteiger partial charge on any atom is 0.262 e. The van der Waals surface area contributed by atoms with E-state index >= 15 is 0 Å². The van der Waals surface area contributed by atoms with Gasteiger partial charge < -0.3 is 9.64 Å². The van der Waals surface area contributed by atoms with Crippen LogP contribution in [0, 0.1) is 0 Å². The van der Waals surface area contributed by atoms with Gasteiger partial charge in [-0.3, -0.25) is 9.69 Å². The average Bonchev–Trinajstić information content (AvgIpc) is 2.99. The molecule has 0 aliphatic carbocycles. The number of anilines is 2. The number of ether oxygens (including phenoxy) is 1. The zero-order chi connectivity index (χ0) is 25.7. The molecular weight excluding hydrogens is 468 g/mol. The summed E-state index contributed by atoms with van der Waals surface area (Å²) in [5, 5.41) is 0. The molecule has 5 aromatic carbocycles. The van der Waals surface area contributed by atoms with Crippen LogP contribution in [0.25, 0.3) is 0 Å². The SMILES string of the molecule is O=C1c2ccccc2N(Cc2ccccc2)[C@@H](c2ccccc2OCc2ccccc2)N1c1ccccc1. The minimum atomic E-state index is -0.410. The second kappa shape index (κ2) is 10.7. The fraction of sp³-hybridized carbons (Fsp3) is 0.0882. The Hall–Kier alpha value is -4.83. The van der Waals surface area contributed by atoms with Crippen molar-refractivity contribution >= 4 is 17.3 Å². The van der Waals surface area contributed by atoms with Crippen molar-refractivity contribution in [2.75, 3.05) is 9.80 Å². The number of benzene rings is 5. The van der Waals surface area contributed by atoms with E-state index in [0.29, 0.717) is 18.7 Å². The van der Waals surface area contributed by atoms with Crippen LogP contribution in [0.15, 0.2) is 140 Å². The fourth-order valence-corrected chi connectivity index (χ4v) is 5.08. The van der Waals surface area contributed by atoms with Gasteiger partial charge in [0.2, 0.25) is 0 Å². The minimum Gasteiger partial charge on any atom is -0.488 e. The summed E-state index contributed by atoms with van der Waals surface area (Å²) in [6, 6.07) is 46.4. The van der Waals surface area contributed by atoms with Crippen molar-refractivity contribution in [2.45, 2.75) is 19.3 Å². The smallest absolute Gasteiger partial charge is 0.262 e. The molecule has 186 valence electrons. The second-order valence-corrected chi connectivity index (χ2v) is 9.33. The van der Waals surface area contributed by atoms with Crippen LogP contribution >= 0.6 is 0 Å². The molecule has 0 N–H and O–H groups in total. The number of para-hydroxylation sites is 3. The summed E-state index contributed by atoms with van der Waals surface area (Å²) in [6.07, 6.45) is -0.410. The first-order chi connectivity index (χ1) is 18.8. The number of fused-ring (bicyclic) bond motifs is 1. The van der Waals surface area contributed by atoms with Gasteiger partial charge in [-0.15, -0.1) is 0 Å². The average molecular weight is 497 g/mol. The molecule has 1 aliphatic rings. The van der Waals surface area contributed by atoms with E-state index in [0.717, 1.165) is 33.8 Å². The van der Waals surface area contributed by atoms with Crippen molar-refractivity contribution in [2.24, 2.45) is 0 Å². The molecule has 0 bridgehead atoms. The Morgan fingerprint density at radius 1 is 0.605 bits per heavy atom. The highest BCUT2D eigenvalue weighted by molar-refractivity contribution is 6.12. The highest BCUT2D eigenvalue weighted by atomic mass is 16.5. The summed E-state index contributed by atoms with van der Waals surface area (Å²) in [6.45, 7) is 1.07. The van der Waals surface area contributed by atoms with Gasteiger partial charge in [-0.05, 0) is 41.5 Å². The van der Waals surface area contributed by atoms with Gasteiger partial charge in [-0.1, -0.05) is 109 Å². The van der Waals surface area contributed by atoms with Gasteiger partial charge in [0.1, 0.15) is 18.5 Å². The van der Waals surface area contributed by atoms with E-state index in [1.54, 1.807) is 0 Å². The molecule has 1 amide bonds. The van der Waals surface area contributed by atoms with Gasteiger partial charge in [-0.25, -0.2) is 0 Å². The number of carbonyl (C=O) groups is 1. The Kier molecular flexibility index (Phi) is 6.60. The monoisotopic (exact) mass is 496 g/mol. The Bertz CT molecular complexity index is 1520. The van der Waals surface area contributed by atoms with E-state index in [2.05, 4.69) is 47.4 Å². The van der Waals surface area contributed by atoms with E-state index < -0.39 is 6.17 Å². The van der Waals surface area contributed by atoms with Crippen LogP contribution in [-0.2, 0) is 13.2 Å². The number of nitrogens with zero attached hydrogens (tertiary/aromatic N) is 2. The van der Waals surface area contributed by atoms with Gasteiger partial charge in [0, 0.05) is 17.8 Å². The quantitative estimate of drug-likeness (QED) is 0.232. The van der Waals surface area contributed by atoms with Crippen LogP contribution < -0.4 is 14.5 Å². The molecule has 6 rings (SSSR count). The molecule has 1 aliphatic heterocycles. The highest BCUT2D eigenvalue weighted by Crippen LogP contribution is 2.44. The summed E-state index contributed by atoms with van der Waals surface area (Å²) in [5.74, 6) is 0.728. The van der Waals surface area contributed by atoms with Crippen molar-refractivity contribution in [3.63, 3.8) is 0 Å². The number of rotatable bonds is 7. The lowest BCUT2D eigenvalue weighted by molar-refractivity contribution is 0.0967. The molecule has 0 saturated heterocycles. The third-order valence-electron chi connectivity index (χ3n) is 6.87. The lowest BCUT2D eigenvalue weighted by atomic mass is 9.98. The summed E-state index contributed by atoms with van der Waals surface area (Å²) in [5.41, 5.74) is 5.63. The first-order valence-electron chi connectivity index (χ1n) is 12.8. The summed E-state index contributed by atoms with van der Waals surface area (Å²) >= 11 is 0. The van der Waals surface area contributed by atoms with Crippen molar-refractivity contribution in [3.8, 4) is 5.75 Å². The largest absolute Gasteiger partial charge is 0.488 e. The van der Waals surface area contributed by atoms with E-state index in [1.807, 2.05) is 102 Å². The molecule has 4 heteroatoms. The molecule has 0 saturated carbocycles. The number of amides is 1. The molecule has 4 nitrogen and oxygen atoms in total. The molecule has 0 unspecified atom stereocenters. The Balaban J connectivity index is 1.51. The van der Waals surface area contributed by atoms with E-state index in [-0.39, 0.29) is 5.91 Å². The molecule has 0 spiro atoms. The second-order valence-electron chi connectivity index (χ2n) is 9.33. The molecule has 1 heterocycles. The van der Waals surface area contributed by atoms with E-state index in [1.165, 1.54) is 0 Å². The zero-order valence-electron chi connectivity index (χ0n) is 21.0. The predicted molar refractivity (Wildman–Crippen MR) is 152 cm³/mol. The van der Waals surface area contributed by atoms with Gasteiger partial charge in [0.25, 0.3) is 5.91 Å². The molecule has 0 aromatic heterocycles. The first kappa shape index (κ1) is 23.6. The van der Waals surface area contributed by atoms with Crippen LogP contribution in [0.5, 0.6) is 5.75 Å². The number of carbonyl (C=O) groups excluding carboxylic acids is 1. The van der Waals surface area contributed by atoms with Crippen LogP contribution in [-0.4, -0.2) is 5.91 Å². The van der Waals surface area contributed by atoms with Gasteiger partial charge in [0.15, 0.2) is 0 Å². The number of hydrogen-bond donors (Lipinski definition) is 0. The Labute approximate surface area is 223 Å². The minimum absolute atomic E-state index is 0.0287. The maximum absolute atomic E-state index is 14.1. The first-order valence-corrected chi connectivity index (χ1v) is 12.8. The van der Waals surface area contributed by atoms with Gasteiger partial charge >= 0.3 is 0 Å². The Morgan fingerprint density at radius 3 is 1.92 bits per heavy atom. The standard InChI is InChI=1S/C34H28N2O2/c37-34-29-20-10-12-22-31(29)35(24-26-14-4-1-5-15-26)33(36(34)28-18-8-3-9-19-28)30-21-11-13-23-32(30)38-25-27-16-6-2-7-17-27/h1-23,33H,24-25H2/t33-/m1/s1. The van der Waals surface area contributed by atoms with Crippen molar-refractivity contribution in [1.29, 1.82) is 0 Å². The van der Waals surface area contributed by atoms with Gasteiger partial charge in [-0.2, -0.15) is 0 Å². The molecule has 0 fully saturated rings. The maximum atomic E-state index is 14.1. The third-order valence-corrected chi connectivity index (χ3v) is 6.87. The normalized spacial score (nSPS) is 14.7. The summed E-state index contributed by atoms with van der Waals surface area (Å²) < 4.78 is 6.42. The summed E-state index contributed by atoms with van der Waals surface area (Å²) in [4.78, 5) is 18.4. The van der Waals surface area contributed by atoms with Gasteiger partial charge in [0.05, 0.1) is 11.3 Å². The van der Waals surface area contributed by atoms with Crippen molar-refractivity contribution in [3.05, 3.63) is 162 Å². The summed E-state index contributed by atoms with van der Waals surface area (Å²) in [7, 11) is 0. The zero-order valence-corrected chi connectivity index (χ0v) is 21.0. The van der Waals surface area contributed by atoms with Crippen LogP contribution in [0.2, 0.25) is 0 Å². The lowest BCUT2D eigenvalue weighted by Crippen LogP contribution is -2.49. The van der Waals surface area contributed by atoms with Crippen LogP contribution in [0.3, 0.4) is 0 Å². The van der Waals surface area contributed by atoms with E-state index in [9.17, 15) is 4.79 Å². The topological polar surface area (TPSA) is 32.8 Å². The molecular formula is C34H28N2O2. The highest BCUT2D eigenvalue weighted by Gasteiger charge is 2.40. The van der Waals surface area contributed by atoms with Crippen LogP contribution in [0.4, 0.5) is 11.4 Å². The van der Waals surface area contributed by atoms with Crippen LogP contribution in [0.1, 0.15) is 33.2 Å². The molecule has 1 atom stereocenters. The fourth-order valence-electron chi connectivity index (χ4n) is 5.08. The van der Waals surface area contributed by atoms with Crippen molar-refractivity contribution in [1.82, 2.24) is 0 Å². The molecule has 38 heavy (non-hydrogen) atoms. The van der Waals surface area contributed by atoms with Crippen molar-refractivity contribution < 1.29 is 9.53 Å². The molecule has 0 radical (unpaired) electrons. The van der Waals surface area contributed by atoms with E-state index in [4.69, 9.17) is 4.74 Å².